The Bertz CT molecular complexity index is 881. The van der Waals surface area contributed by atoms with Gasteiger partial charge in [-0.15, -0.1) is 0 Å². The molecule has 1 atom stereocenters. The Labute approximate surface area is 162 Å². The van der Waals surface area contributed by atoms with Crippen molar-refractivity contribution in [1.29, 1.82) is 0 Å². The Hall–Kier alpha value is -1.32. The standard InChI is InChI=1S/C18H20INO4S/c1-12-16-11-18(24-3)17(23-2)10-13(16)8-9-20(12)25(21,22)15-6-4-14(19)5-7-15/h4-7,10-12H,8-9H2,1-3H3. The van der Waals surface area contributed by atoms with Crippen LogP contribution in [0.15, 0.2) is 41.3 Å². The van der Waals surface area contributed by atoms with Gasteiger partial charge >= 0.3 is 0 Å². The average molecular weight is 473 g/mol. The summed E-state index contributed by atoms with van der Waals surface area (Å²) in [5.41, 5.74) is 2.05. The van der Waals surface area contributed by atoms with E-state index in [1.165, 1.54) is 0 Å². The van der Waals surface area contributed by atoms with Crippen molar-refractivity contribution in [2.45, 2.75) is 24.3 Å². The molecule has 1 aliphatic heterocycles. The smallest absolute Gasteiger partial charge is 0.243 e. The van der Waals surface area contributed by atoms with Gasteiger partial charge in [0.2, 0.25) is 10.0 Å². The molecule has 0 aromatic heterocycles. The highest BCUT2D eigenvalue weighted by atomic mass is 127. The molecule has 0 saturated heterocycles. The fourth-order valence-electron chi connectivity index (χ4n) is 3.19. The van der Waals surface area contributed by atoms with E-state index >= 15 is 0 Å². The minimum Gasteiger partial charge on any atom is -0.493 e. The molecule has 134 valence electrons. The number of nitrogens with zero attached hydrogens (tertiary/aromatic N) is 1. The normalized spacial score (nSPS) is 17.8. The van der Waals surface area contributed by atoms with Crippen LogP contribution < -0.4 is 9.47 Å². The monoisotopic (exact) mass is 473 g/mol. The molecule has 0 N–H and O–H groups in total. The predicted molar refractivity (Wildman–Crippen MR) is 105 cm³/mol. The lowest BCUT2D eigenvalue weighted by molar-refractivity contribution is 0.319. The SMILES string of the molecule is COc1cc2c(cc1OC)C(C)N(S(=O)(=O)c1ccc(I)cc1)CC2. The first-order chi connectivity index (χ1) is 11.9. The molecule has 1 unspecified atom stereocenters. The zero-order valence-electron chi connectivity index (χ0n) is 14.3. The van der Waals surface area contributed by atoms with Gasteiger partial charge in [-0.1, -0.05) is 0 Å². The second-order valence-corrected chi connectivity index (χ2v) is 9.04. The van der Waals surface area contributed by atoms with Crippen LogP contribution >= 0.6 is 22.6 Å². The third-order valence-electron chi connectivity index (χ3n) is 4.55. The first kappa shape index (κ1) is 18.5. The van der Waals surface area contributed by atoms with Gasteiger partial charge in [0.05, 0.1) is 19.1 Å². The van der Waals surface area contributed by atoms with Crippen LogP contribution in [0.25, 0.3) is 0 Å². The van der Waals surface area contributed by atoms with E-state index in [2.05, 4.69) is 22.6 Å². The first-order valence-electron chi connectivity index (χ1n) is 7.90. The van der Waals surface area contributed by atoms with Gasteiger partial charge < -0.3 is 9.47 Å². The number of sulfonamides is 1. The van der Waals surface area contributed by atoms with Crippen LogP contribution in [0.4, 0.5) is 0 Å². The number of rotatable bonds is 4. The molecule has 0 spiro atoms. The maximum absolute atomic E-state index is 13.1. The molecule has 0 saturated carbocycles. The largest absolute Gasteiger partial charge is 0.493 e. The quantitative estimate of drug-likeness (QED) is 0.637. The number of methoxy groups -OCH3 is 2. The van der Waals surface area contributed by atoms with Gasteiger partial charge in [0.25, 0.3) is 0 Å². The Balaban J connectivity index is 2.01. The highest BCUT2D eigenvalue weighted by Gasteiger charge is 2.34. The lowest BCUT2D eigenvalue weighted by Crippen LogP contribution is -2.38. The number of halogens is 1. The third-order valence-corrected chi connectivity index (χ3v) is 7.25. The summed E-state index contributed by atoms with van der Waals surface area (Å²) in [7, 11) is -0.366. The van der Waals surface area contributed by atoms with Gasteiger partial charge in [-0.3, -0.25) is 0 Å². The first-order valence-corrected chi connectivity index (χ1v) is 10.4. The van der Waals surface area contributed by atoms with Gasteiger partial charge in [0.1, 0.15) is 0 Å². The van der Waals surface area contributed by atoms with Gasteiger partial charge in [-0.2, -0.15) is 4.31 Å². The van der Waals surface area contributed by atoms with E-state index in [9.17, 15) is 8.42 Å². The fourth-order valence-corrected chi connectivity index (χ4v) is 5.16. The molecule has 7 heteroatoms. The summed E-state index contributed by atoms with van der Waals surface area (Å²) >= 11 is 2.16. The number of ether oxygens (including phenoxy) is 2. The van der Waals surface area contributed by atoms with E-state index in [0.717, 1.165) is 14.7 Å². The van der Waals surface area contributed by atoms with Crippen molar-refractivity contribution in [3.05, 3.63) is 51.1 Å². The molecule has 0 aliphatic carbocycles. The minimum atomic E-state index is -3.55. The van der Waals surface area contributed by atoms with E-state index in [1.807, 2.05) is 31.2 Å². The zero-order chi connectivity index (χ0) is 18.2. The summed E-state index contributed by atoms with van der Waals surface area (Å²) < 4.78 is 39.4. The van der Waals surface area contributed by atoms with E-state index in [4.69, 9.17) is 9.47 Å². The van der Waals surface area contributed by atoms with E-state index in [-0.39, 0.29) is 6.04 Å². The van der Waals surface area contributed by atoms with Crippen molar-refractivity contribution >= 4 is 32.6 Å². The molecule has 5 nitrogen and oxygen atoms in total. The molecule has 2 aromatic carbocycles. The predicted octanol–water partition coefficient (Wildman–Crippen LogP) is 3.62. The van der Waals surface area contributed by atoms with Crippen LogP contribution in [0.5, 0.6) is 11.5 Å². The molecule has 3 rings (SSSR count). The third kappa shape index (κ3) is 3.37. The summed E-state index contributed by atoms with van der Waals surface area (Å²) in [4.78, 5) is 0.323. The van der Waals surface area contributed by atoms with Crippen molar-refractivity contribution in [2.75, 3.05) is 20.8 Å². The van der Waals surface area contributed by atoms with Crippen LogP contribution in [0.2, 0.25) is 0 Å². The fraction of sp³-hybridized carbons (Fsp3) is 0.333. The zero-order valence-corrected chi connectivity index (χ0v) is 17.3. The molecular formula is C18H20INO4S. The van der Waals surface area contributed by atoms with Gasteiger partial charge in [0, 0.05) is 16.2 Å². The number of hydrogen-bond donors (Lipinski definition) is 0. The Morgan fingerprint density at radius 1 is 1.08 bits per heavy atom. The highest BCUT2D eigenvalue weighted by molar-refractivity contribution is 14.1. The molecule has 1 heterocycles. The molecule has 2 aromatic rings. The van der Waals surface area contributed by atoms with Crippen molar-refractivity contribution < 1.29 is 17.9 Å². The van der Waals surface area contributed by atoms with Gasteiger partial charge in [0.15, 0.2) is 11.5 Å². The maximum atomic E-state index is 13.1. The molecule has 0 radical (unpaired) electrons. The van der Waals surface area contributed by atoms with Gasteiger partial charge in [-0.05, 0) is 83.5 Å². The minimum absolute atomic E-state index is 0.271. The van der Waals surface area contributed by atoms with E-state index < -0.39 is 10.0 Å². The highest BCUT2D eigenvalue weighted by Crippen LogP contribution is 2.39. The van der Waals surface area contributed by atoms with Crippen LogP contribution in [0.3, 0.4) is 0 Å². The second kappa shape index (κ2) is 7.13. The van der Waals surface area contributed by atoms with E-state index in [0.29, 0.717) is 29.4 Å². The molecule has 0 fully saturated rings. The molecule has 25 heavy (non-hydrogen) atoms. The lowest BCUT2D eigenvalue weighted by atomic mass is 9.94. The van der Waals surface area contributed by atoms with E-state index in [1.54, 1.807) is 30.7 Å². The van der Waals surface area contributed by atoms with Gasteiger partial charge in [-0.25, -0.2) is 8.42 Å². The summed E-state index contributed by atoms with van der Waals surface area (Å²) in [6.07, 6.45) is 0.642. The lowest BCUT2D eigenvalue weighted by Gasteiger charge is -2.34. The summed E-state index contributed by atoms with van der Waals surface area (Å²) in [6, 6.07) is 10.5. The maximum Gasteiger partial charge on any atom is 0.243 e. The Morgan fingerprint density at radius 3 is 2.28 bits per heavy atom. The van der Waals surface area contributed by atoms with Crippen LogP contribution in [-0.4, -0.2) is 33.5 Å². The van der Waals surface area contributed by atoms with Crippen molar-refractivity contribution in [1.82, 2.24) is 4.31 Å². The van der Waals surface area contributed by atoms with Crippen molar-refractivity contribution in [2.24, 2.45) is 0 Å². The molecule has 0 bridgehead atoms. The summed E-state index contributed by atoms with van der Waals surface area (Å²) in [6.45, 7) is 2.35. The summed E-state index contributed by atoms with van der Waals surface area (Å²) in [5.74, 6) is 1.28. The number of benzene rings is 2. The topological polar surface area (TPSA) is 55.8 Å². The Morgan fingerprint density at radius 2 is 1.68 bits per heavy atom. The second-order valence-electron chi connectivity index (χ2n) is 5.90. The average Bonchev–Trinajstić information content (AvgIpc) is 2.61. The number of hydrogen-bond acceptors (Lipinski definition) is 4. The summed E-state index contributed by atoms with van der Waals surface area (Å²) in [5, 5.41) is 0. The molecular weight excluding hydrogens is 453 g/mol. The van der Waals surface area contributed by atoms with Crippen LogP contribution in [-0.2, 0) is 16.4 Å². The Kier molecular flexibility index (Phi) is 5.26. The number of fused-ring (bicyclic) bond motifs is 1. The van der Waals surface area contributed by atoms with Crippen LogP contribution in [0, 0.1) is 3.57 Å². The molecule has 0 amide bonds. The molecule has 1 aliphatic rings. The van der Waals surface area contributed by atoms with Crippen molar-refractivity contribution in [3.8, 4) is 11.5 Å². The van der Waals surface area contributed by atoms with Crippen molar-refractivity contribution in [3.63, 3.8) is 0 Å². The van der Waals surface area contributed by atoms with Crippen LogP contribution in [0.1, 0.15) is 24.1 Å².